The summed E-state index contributed by atoms with van der Waals surface area (Å²) in [7, 11) is -2.17. The van der Waals surface area contributed by atoms with Gasteiger partial charge in [0.15, 0.2) is 15.9 Å². The maximum absolute atomic E-state index is 12.4. The van der Waals surface area contributed by atoms with E-state index in [2.05, 4.69) is 0 Å². The number of hydrogen-bond acceptors (Lipinski definition) is 6. The largest absolute Gasteiger partial charge is 0.467 e. The first-order chi connectivity index (χ1) is 11.3. The number of hydrogen-bond donors (Lipinski definition) is 1. The highest BCUT2D eigenvalue weighted by Gasteiger charge is 2.44. The third kappa shape index (κ3) is 3.96. The van der Waals surface area contributed by atoms with Crippen LogP contribution in [0.4, 0.5) is 0 Å². The number of sulfone groups is 1. The Kier molecular flexibility index (Phi) is 6.01. The molecule has 1 aromatic rings. The zero-order valence-corrected chi connectivity index (χ0v) is 14.9. The zero-order chi connectivity index (χ0) is 17.9. The van der Waals surface area contributed by atoms with Gasteiger partial charge in [-0.2, -0.15) is 0 Å². The van der Waals surface area contributed by atoms with Gasteiger partial charge < -0.3 is 14.6 Å². The quantitative estimate of drug-likeness (QED) is 0.803. The summed E-state index contributed by atoms with van der Waals surface area (Å²) in [5.41, 5.74) is 0. The molecule has 5 atom stereocenters. The summed E-state index contributed by atoms with van der Waals surface area (Å²) in [5, 5.41) is 10.3. The van der Waals surface area contributed by atoms with Crippen LogP contribution in [0.1, 0.15) is 20.3 Å². The monoisotopic (exact) mass is 356 g/mol. The normalized spacial score (nSPS) is 30.8. The van der Waals surface area contributed by atoms with Crippen LogP contribution in [0.25, 0.3) is 0 Å². The summed E-state index contributed by atoms with van der Waals surface area (Å²) in [6.07, 6.45) is -1.97. The fraction of sp³-hybridized carbons (Fsp3) is 0.588. The van der Waals surface area contributed by atoms with Crippen LogP contribution in [0, 0.1) is 11.8 Å². The van der Waals surface area contributed by atoms with E-state index in [-0.39, 0.29) is 23.0 Å². The number of aliphatic hydroxyl groups excluding tert-OH is 1. The number of carbonyl (C=O) groups excluding carboxylic acids is 1. The van der Waals surface area contributed by atoms with Crippen LogP contribution >= 0.6 is 0 Å². The van der Waals surface area contributed by atoms with Gasteiger partial charge in [-0.05, 0) is 18.6 Å². The second-order valence-corrected chi connectivity index (χ2v) is 8.36. The van der Waals surface area contributed by atoms with E-state index in [1.54, 1.807) is 44.2 Å². The van der Waals surface area contributed by atoms with Crippen molar-refractivity contribution in [1.82, 2.24) is 0 Å². The maximum atomic E-state index is 12.4. The molecular formula is C17H24O6S. The summed E-state index contributed by atoms with van der Waals surface area (Å²) < 4.78 is 35.3. The number of methoxy groups -OCH3 is 1. The highest BCUT2D eigenvalue weighted by Crippen LogP contribution is 2.32. The minimum Gasteiger partial charge on any atom is -0.467 e. The minimum atomic E-state index is -3.44. The molecule has 1 aliphatic rings. The Labute approximate surface area is 142 Å². The lowest BCUT2D eigenvalue weighted by Crippen LogP contribution is -2.52. The van der Waals surface area contributed by atoms with Gasteiger partial charge in [-0.15, -0.1) is 0 Å². The van der Waals surface area contributed by atoms with Crippen LogP contribution in [-0.4, -0.2) is 50.7 Å². The van der Waals surface area contributed by atoms with Crippen molar-refractivity contribution in [2.75, 3.05) is 12.9 Å². The SMILES string of the molecule is COC(=O)C1OC(CCS(=O)(=O)c2ccccc2)[C@H](C)C(O)[C@@H]1C. The van der Waals surface area contributed by atoms with E-state index in [0.717, 1.165) is 0 Å². The fourth-order valence-corrected chi connectivity index (χ4v) is 4.40. The second kappa shape index (κ2) is 7.63. The topological polar surface area (TPSA) is 89.9 Å². The molecule has 0 radical (unpaired) electrons. The van der Waals surface area contributed by atoms with Gasteiger partial charge in [0.2, 0.25) is 0 Å². The molecule has 0 amide bonds. The van der Waals surface area contributed by atoms with E-state index in [9.17, 15) is 18.3 Å². The third-order valence-corrected chi connectivity index (χ3v) is 6.43. The molecule has 134 valence electrons. The Hall–Kier alpha value is -1.44. The standard InChI is InChI=1S/C17H24O6S/c1-11-14(23-16(17(19)22-3)12(2)15(11)18)9-10-24(20,21)13-7-5-4-6-8-13/h4-8,11-12,14-16,18H,9-10H2,1-3H3/t11-,12-,14?,15?,16?/m0/s1. The summed E-state index contributed by atoms with van der Waals surface area (Å²) in [4.78, 5) is 12.1. The van der Waals surface area contributed by atoms with Crippen molar-refractivity contribution >= 4 is 15.8 Å². The summed E-state index contributed by atoms with van der Waals surface area (Å²) in [6.45, 7) is 3.52. The van der Waals surface area contributed by atoms with E-state index >= 15 is 0 Å². The van der Waals surface area contributed by atoms with Crippen molar-refractivity contribution in [3.63, 3.8) is 0 Å². The zero-order valence-electron chi connectivity index (χ0n) is 14.1. The Morgan fingerprint density at radius 2 is 1.83 bits per heavy atom. The maximum Gasteiger partial charge on any atom is 0.335 e. The third-order valence-electron chi connectivity index (χ3n) is 4.67. The van der Waals surface area contributed by atoms with Gasteiger partial charge in [-0.3, -0.25) is 0 Å². The molecule has 1 heterocycles. The summed E-state index contributed by atoms with van der Waals surface area (Å²) in [6, 6.07) is 8.20. The molecule has 0 aliphatic carbocycles. The lowest BCUT2D eigenvalue weighted by atomic mass is 9.82. The van der Waals surface area contributed by atoms with E-state index in [4.69, 9.17) is 9.47 Å². The van der Waals surface area contributed by atoms with Gasteiger partial charge in [-0.25, -0.2) is 13.2 Å². The van der Waals surface area contributed by atoms with Crippen LogP contribution in [0.15, 0.2) is 35.2 Å². The van der Waals surface area contributed by atoms with Gasteiger partial charge in [-0.1, -0.05) is 32.0 Å². The van der Waals surface area contributed by atoms with E-state index in [1.807, 2.05) is 0 Å². The van der Waals surface area contributed by atoms with Crippen LogP contribution in [0.2, 0.25) is 0 Å². The lowest BCUT2D eigenvalue weighted by Gasteiger charge is -2.41. The predicted molar refractivity (Wildman–Crippen MR) is 88.1 cm³/mol. The van der Waals surface area contributed by atoms with Crippen molar-refractivity contribution in [2.24, 2.45) is 11.8 Å². The molecule has 7 heteroatoms. The summed E-state index contributed by atoms with van der Waals surface area (Å²) >= 11 is 0. The van der Waals surface area contributed by atoms with E-state index in [1.165, 1.54) is 7.11 Å². The number of benzene rings is 1. The molecule has 1 aromatic carbocycles. The first-order valence-electron chi connectivity index (χ1n) is 7.97. The van der Waals surface area contributed by atoms with Gasteiger partial charge in [0.05, 0.1) is 30.0 Å². The first kappa shape index (κ1) is 18.9. The van der Waals surface area contributed by atoms with Gasteiger partial charge in [0.1, 0.15) is 0 Å². The molecule has 24 heavy (non-hydrogen) atoms. The van der Waals surface area contributed by atoms with Gasteiger partial charge in [0.25, 0.3) is 0 Å². The molecular weight excluding hydrogens is 332 g/mol. The second-order valence-electron chi connectivity index (χ2n) is 6.25. The molecule has 1 fully saturated rings. The highest BCUT2D eigenvalue weighted by atomic mass is 32.2. The molecule has 6 nitrogen and oxygen atoms in total. The van der Waals surface area contributed by atoms with Gasteiger partial charge in [0, 0.05) is 11.8 Å². The lowest BCUT2D eigenvalue weighted by molar-refractivity contribution is -0.193. The minimum absolute atomic E-state index is 0.110. The average molecular weight is 356 g/mol. The Balaban J connectivity index is 2.09. The molecule has 0 bridgehead atoms. The molecule has 1 saturated heterocycles. The van der Waals surface area contributed by atoms with Crippen molar-refractivity contribution in [3.05, 3.63) is 30.3 Å². The van der Waals surface area contributed by atoms with Crippen LogP contribution in [-0.2, 0) is 24.1 Å². The fourth-order valence-electron chi connectivity index (χ4n) is 3.05. The molecule has 0 aromatic heterocycles. The van der Waals surface area contributed by atoms with Crippen LogP contribution < -0.4 is 0 Å². The summed E-state index contributed by atoms with van der Waals surface area (Å²) in [5.74, 6) is -1.34. The molecule has 0 spiro atoms. The number of aliphatic hydroxyl groups is 1. The number of ether oxygens (including phenoxy) is 2. The number of rotatable bonds is 5. The predicted octanol–water partition coefficient (Wildman–Crippen LogP) is 1.42. The average Bonchev–Trinajstić information content (AvgIpc) is 2.59. The first-order valence-corrected chi connectivity index (χ1v) is 9.62. The molecule has 0 saturated carbocycles. The van der Waals surface area contributed by atoms with Crippen molar-refractivity contribution < 1.29 is 27.8 Å². The molecule has 2 rings (SSSR count). The van der Waals surface area contributed by atoms with Gasteiger partial charge >= 0.3 is 5.97 Å². The molecule has 1 aliphatic heterocycles. The number of esters is 1. The Bertz CT molecular complexity index is 657. The Morgan fingerprint density at radius 3 is 2.42 bits per heavy atom. The molecule has 3 unspecified atom stereocenters. The van der Waals surface area contributed by atoms with E-state index < -0.39 is 40.0 Å². The Morgan fingerprint density at radius 1 is 1.21 bits per heavy atom. The van der Waals surface area contributed by atoms with Crippen molar-refractivity contribution in [3.8, 4) is 0 Å². The van der Waals surface area contributed by atoms with Crippen LogP contribution in [0.3, 0.4) is 0 Å². The van der Waals surface area contributed by atoms with E-state index in [0.29, 0.717) is 0 Å². The molecule has 1 N–H and O–H groups in total. The van der Waals surface area contributed by atoms with Crippen LogP contribution in [0.5, 0.6) is 0 Å². The smallest absolute Gasteiger partial charge is 0.335 e. The highest BCUT2D eigenvalue weighted by molar-refractivity contribution is 7.91. The van der Waals surface area contributed by atoms with Crippen molar-refractivity contribution in [2.45, 2.75) is 43.5 Å². The van der Waals surface area contributed by atoms with Crippen molar-refractivity contribution in [1.29, 1.82) is 0 Å². The number of carbonyl (C=O) groups is 1.